The summed E-state index contributed by atoms with van der Waals surface area (Å²) in [7, 11) is 0. The van der Waals surface area contributed by atoms with E-state index < -0.39 is 0 Å². The predicted molar refractivity (Wildman–Crippen MR) is 115 cm³/mol. The second-order valence-corrected chi connectivity index (χ2v) is 9.67. The summed E-state index contributed by atoms with van der Waals surface area (Å²) in [5.74, 6) is 0.863. The fourth-order valence-corrected chi connectivity index (χ4v) is 5.12. The molecule has 6 nitrogen and oxygen atoms in total. The van der Waals surface area contributed by atoms with Crippen LogP contribution >= 0.6 is 0 Å². The van der Waals surface area contributed by atoms with Crippen molar-refractivity contribution < 1.29 is 9.59 Å². The second kappa shape index (κ2) is 7.25. The minimum atomic E-state index is -0.0235. The van der Waals surface area contributed by atoms with Crippen LogP contribution in [0.3, 0.4) is 0 Å². The quantitative estimate of drug-likeness (QED) is 0.840. The molecule has 0 bridgehead atoms. The number of fused-ring (bicyclic) bond motifs is 1. The number of hydrogen-bond acceptors (Lipinski definition) is 3. The molecular formula is C24H30N4O2. The molecule has 1 saturated carbocycles. The lowest BCUT2D eigenvalue weighted by molar-refractivity contribution is 0.0607. The Morgan fingerprint density at radius 2 is 1.90 bits per heavy atom. The van der Waals surface area contributed by atoms with E-state index in [2.05, 4.69) is 54.6 Å². The minimum absolute atomic E-state index is 0.0235. The van der Waals surface area contributed by atoms with E-state index in [0.29, 0.717) is 31.3 Å². The van der Waals surface area contributed by atoms with Gasteiger partial charge in [-0.3, -0.25) is 4.79 Å². The van der Waals surface area contributed by atoms with Crippen LogP contribution in [0.25, 0.3) is 0 Å². The van der Waals surface area contributed by atoms with E-state index in [-0.39, 0.29) is 23.4 Å². The maximum absolute atomic E-state index is 12.8. The molecule has 1 spiro atoms. The second-order valence-electron chi connectivity index (χ2n) is 9.67. The molecule has 1 aromatic carbocycles. The Labute approximate surface area is 177 Å². The van der Waals surface area contributed by atoms with E-state index in [4.69, 9.17) is 0 Å². The van der Waals surface area contributed by atoms with E-state index in [9.17, 15) is 9.59 Å². The molecule has 2 atom stereocenters. The molecule has 5 rings (SSSR count). The van der Waals surface area contributed by atoms with Crippen LogP contribution in [0, 0.1) is 5.41 Å². The third-order valence-corrected chi connectivity index (χ3v) is 7.15. The molecular weight excluding hydrogens is 376 g/mol. The van der Waals surface area contributed by atoms with Gasteiger partial charge in [0.15, 0.2) is 0 Å². The molecule has 30 heavy (non-hydrogen) atoms. The maximum Gasteiger partial charge on any atom is 0.317 e. The van der Waals surface area contributed by atoms with Crippen LogP contribution in [0.2, 0.25) is 0 Å². The number of urea groups is 1. The summed E-state index contributed by atoms with van der Waals surface area (Å²) in [5, 5.41) is 7.73. The highest BCUT2D eigenvalue weighted by molar-refractivity contribution is 5.81. The first-order valence-corrected chi connectivity index (χ1v) is 11.2. The molecule has 1 aromatic heterocycles. The van der Waals surface area contributed by atoms with Crippen molar-refractivity contribution in [3.63, 3.8) is 0 Å². The van der Waals surface area contributed by atoms with E-state index in [1.54, 1.807) is 4.68 Å². The number of nitrogens with zero attached hydrogens (tertiary/aromatic N) is 3. The highest BCUT2D eigenvalue weighted by atomic mass is 16.2. The first kappa shape index (κ1) is 19.3. The van der Waals surface area contributed by atoms with Gasteiger partial charge in [-0.1, -0.05) is 44.2 Å². The number of rotatable bonds is 3. The number of likely N-dealkylation sites (tertiary alicyclic amines) is 1. The summed E-state index contributed by atoms with van der Waals surface area (Å²) in [6, 6.07) is 12.8. The molecule has 2 amide bonds. The zero-order valence-corrected chi connectivity index (χ0v) is 17.8. The third-order valence-electron chi connectivity index (χ3n) is 7.15. The highest BCUT2D eigenvalue weighted by Gasteiger charge is 2.44. The number of carbonyl (C=O) groups is 2. The number of hydrogen-bond donors (Lipinski definition) is 1. The molecule has 3 aliphatic rings. The van der Waals surface area contributed by atoms with Gasteiger partial charge in [0.25, 0.3) is 0 Å². The molecule has 1 N–H and O–H groups in total. The predicted octanol–water partition coefficient (Wildman–Crippen LogP) is 3.94. The SMILES string of the molecule is CC(C)c1cc2n(n1)C(=O)CC1(CCN(C(=O)N[C@@H]3C[C@H]3c3ccccc3)CC1)C2. The normalized spacial score (nSPS) is 24.8. The average molecular weight is 407 g/mol. The summed E-state index contributed by atoms with van der Waals surface area (Å²) in [5.41, 5.74) is 3.31. The van der Waals surface area contributed by atoms with Gasteiger partial charge in [-0.15, -0.1) is 0 Å². The number of piperidine rings is 1. The topological polar surface area (TPSA) is 67.2 Å². The largest absolute Gasteiger partial charge is 0.335 e. The highest BCUT2D eigenvalue weighted by Crippen LogP contribution is 2.43. The minimum Gasteiger partial charge on any atom is -0.335 e. The Kier molecular flexibility index (Phi) is 4.68. The van der Waals surface area contributed by atoms with E-state index >= 15 is 0 Å². The Hall–Kier alpha value is -2.63. The van der Waals surface area contributed by atoms with Crippen molar-refractivity contribution in [1.82, 2.24) is 20.0 Å². The van der Waals surface area contributed by atoms with Crippen molar-refractivity contribution in [2.45, 2.75) is 63.8 Å². The van der Waals surface area contributed by atoms with Gasteiger partial charge in [-0.2, -0.15) is 5.10 Å². The lowest BCUT2D eigenvalue weighted by Crippen LogP contribution is -2.50. The molecule has 2 aliphatic heterocycles. The zero-order valence-electron chi connectivity index (χ0n) is 17.8. The van der Waals surface area contributed by atoms with Crippen molar-refractivity contribution in [2.75, 3.05) is 13.1 Å². The fourth-order valence-electron chi connectivity index (χ4n) is 5.12. The van der Waals surface area contributed by atoms with Gasteiger partial charge in [-0.05, 0) is 48.6 Å². The Balaban J connectivity index is 1.18. The Bertz CT molecular complexity index is 957. The average Bonchev–Trinajstić information content (AvgIpc) is 3.36. The van der Waals surface area contributed by atoms with Crippen LogP contribution in [0.4, 0.5) is 4.79 Å². The molecule has 3 heterocycles. The number of carbonyl (C=O) groups excluding carboxylic acids is 2. The van der Waals surface area contributed by atoms with E-state index in [1.165, 1.54) is 5.56 Å². The standard InChI is InChI=1S/C24H30N4O2/c1-16(2)20-12-18-14-24(15-22(29)28(18)26-20)8-10-27(11-9-24)23(30)25-21-13-19(21)17-6-4-3-5-7-17/h3-7,12,16,19,21H,8-11,13-15H2,1-2H3,(H,25,30)/t19-,21+/m0/s1. The Morgan fingerprint density at radius 3 is 2.60 bits per heavy atom. The van der Waals surface area contributed by atoms with Gasteiger partial charge in [0.05, 0.1) is 5.69 Å². The van der Waals surface area contributed by atoms with Gasteiger partial charge in [0.2, 0.25) is 5.91 Å². The number of benzene rings is 1. The first-order chi connectivity index (χ1) is 14.4. The van der Waals surface area contributed by atoms with E-state index in [1.807, 2.05) is 11.0 Å². The molecule has 0 radical (unpaired) electrons. The van der Waals surface area contributed by atoms with Crippen LogP contribution in [0.15, 0.2) is 36.4 Å². The number of nitrogens with one attached hydrogen (secondary N) is 1. The monoisotopic (exact) mass is 406 g/mol. The van der Waals surface area contributed by atoms with Crippen molar-refractivity contribution in [3.05, 3.63) is 53.3 Å². The van der Waals surface area contributed by atoms with Crippen molar-refractivity contribution in [3.8, 4) is 0 Å². The van der Waals surface area contributed by atoms with Gasteiger partial charge in [0.1, 0.15) is 0 Å². The van der Waals surface area contributed by atoms with Crippen LogP contribution in [-0.2, 0) is 6.42 Å². The molecule has 0 unspecified atom stereocenters. The van der Waals surface area contributed by atoms with Crippen molar-refractivity contribution in [1.29, 1.82) is 0 Å². The third kappa shape index (κ3) is 3.53. The van der Waals surface area contributed by atoms with Crippen molar-refractivity contribution in [2.24, 2.45) is 5.41 Å². The smallest absolute Gasteiger partial charge is 0.317 e. The Morgan fingerprint density at radius 1 is 1.17 bits per heavy atom. The van der Waals surface area contributed by atoms with Crippen LogP contribution < -0.4 is 5.32 Å². The van der Waals surface area contributed by atoms with Gasteiger partial charge < -0.3 is 10.2 Å². The summed E-state index contributed by atoms with van der Waals surface area (Å²) >= 11 is 0. The lowest BCUT2D eigenvalue weighted by atomic mass is 9.70. The van der Waals surface area contributed by atoms with Gasteiger partial charge in [-0.25, -0.2) is 9.48 Å². The summed E-state index contributed by atoms with van der Waals surface area (Å²) < 4.78 is 1.62. The van der Waals surface area contributed by atoms with Crippen LogP contribution in [0.1, 0.15) is 73.1 Å². The summed E-state index contributed by atoms with van der Waals surface area (Å²) in [6.45, 7) is 5.64. The zero-order chi connectivity index (χ0) is 20.9. The van der Waals surface area contributed by atoms with E-state index in [0.717, 1.165) is 37.1 Å². The molecule has 6 heteroatoms. The molecule has 2 fully saturated rings. The lowest BCUT2D eigenvalue weighted by Gasteiger charge is -2.43. The summed E-state index contributed by atoms with van der Waals surface area (Å²) in [4.78, 5) is 27.4. The van der Waals surface area contributed by atoms with Gasteiger partial charge >= 0.3 is 6.03 Å². The number of aromatic nitrogens is 2. The van der Waals surface area contributed by atoms with Crippen LogP contribution in [-0.4, -0.2) is 45.8 Å². The van der Waals surface area contributed by atoms with Crippen molar-refractivity contribution >= 4 is 11.9 Å². The molecule has 158 valence electrons. The maximum atomic E-state index is 12.8. The molecule has 1 saturated heterocycles. The molecule has 2 aromatic rings. The first-order valence-electron chi connectivity index (χ1n) is 11.2. The summed E-state index contributed by atoms with van der Waals surface area (Å²) in [6.07, 6.45) is 4.19. The fraction of sp³-hybridized carbons (Fsp3) is 0.542. The number of amides is 2. The van der Waals surface area contributed by atoms with Crippen LogP contribution in [0.5, 0.6) is 0 Å². The van der Waals surface area contributed by atoms with Gasteiger partial charge in [0, 0.05) is 37.2 Å². The molecule has 1 aliphatic carbocycles.